The van der Waals surface area contributed by atoms with E-state index in [1.54, 1.807) is 9.58 Å². The van der Waals surface area contributed by atoms with Gasteiger partial charge in [-0.3, -0.25) is 4.79 Å². The summed E-state index contributed by atoms with van der Waals surface area (Å²) >= 11 is 1.34. The van der Waals surface area contributed by atoms with Crippen LogP contribution in [0.3, 0.4) is 0 Å². The molecule has 1 amide bonds. The minimum absolute atomic E-state index is 0.0260. The zero-order chi connectivity index (χ0) is 17.6. The van der Waals surface area contributed by atoms with Gasteiger partial charge >= 0.3 is 0 Å². The van der Waals surface area contributed by atoms with Crippen LogP contribution in [0.5, 0.6) is 0 Å². The molecular formula is C18H19N5OS. The van der Waals surface area contributed by atoms with Crippen LogP contribution in [0.2, 0.25) is 0 Å². The van der Waals surface area contributed by atoms with Crippen molar-refractivity contribution < 1.29 is 4.79 Å². The van der Waals surface area contributed by atoms with E-state index in [1.165, 1.54) is 11.8 Å². The van der Waals surface area contributed by atoms with Gasteiger partial charge in [0.25, 0.3) is 0 Å². The van der Waals surface area contributed by atoms with Crippen molar-refractivity contribution in [1.82, 2.24) is 20.2 Å². The van der Waals surface area contributed by atoms with Crippen molar-refractivity contribution >= 4 is 23.4 Å². The number of aromatic nitrogens is 4. The normalized spacial score (nSPS) is 10.6. The molecule has 0 atom stereocenters. The second-order valence-corrected chi connectivity index (χ2v) is 6.36. The van der Waals surface area contributed by atoms with Gasteiger partial charge in [-0.1, -0.05) is 48.2 Å². The highest BCUT2D eigenvalue weighted by Crippen LogP contribution is 2.22. The molecule has 0 aliphatic carbocycles. The maximum Gasteiger partial charge on any atom is 0.237 e. The largest absolute Gasteiger partial charge is 0.312 e. The molecule has 0 N–H and O–H groups in total. The summed E-state index contributed by atoms with van der Waals surface area (Å²) in [7, 11) is 0. The Bertz CT molecular complexity index is 849. The summed E-state index contributed by atoms with van der Waals surface area (Å²) in [5.74, 6) is 0.299. The van der Waals surface area contributed by atoms with E-state index < -0.39 is 0 Å². The summed E-state index contributed by atoms with van der Waals surface area (Å²) in [5, 5.41) is 12.5. The first-order chi connectivity index (χ1) is 12.2. The second kappa shape index (κ2) is 7.94. The Morgan fingerprint density at radius 2 is 1.84 bits per heavy atom. The van der Waals surface area contributed by atoms with Crippen molar-refractivity contribution in [3.8, 4) is 5.69 Å². The van der Waals surface area contributed by atoms with E-state index >= 15 is 0 Å². The average Bonchev–Trinajstić information content (AvgIpc) is 3.10. The molecule has 1 aromatic heterocycles. The Balaban J connectivity index is 1.73. The predicted molar refractivity (Wildman–Crippen MR) is 99.1 cm³/mol. The fourth-order valence-electron chi connectivity index (χ4n) is 2.54. The van der Waals surface area contributed by atoms with Gasteiger partial charge in [-0.05, 0) is 48.0 Å². The van der Waals surface area contributed by atoms with Crippen LogP contribution in [-0.4, -0.2) is 38.4 Å². The number of para-hydroxylation sites is 2. The zero-order valence-electron chi connectivity index (χ0n) is 14.2. The van der Waals surface area contributed by atoms with E-state index in [4.69, 9.17) is 0 Å². The topological polar surface area (TPSA) is 63.9 Å². The summed E-state index contributed by atoms with van der Waals surface area (Å²) in [6.07, 6.45) is 0. The van der Waals surface area contributed by atoms with Gasteiger partial charge in [0, 0.05) is 12.2 Å². The highest BCUT2D eigenvalue weighted by molar-refractivity contribution is 7.99. The molecule has 128 valence electrons. The number of nitrogens with zero attached hydrogens (tertiary/aromatic N) is 5. The van der Waals surface area contributed by atoms with Crippen LogP contribution in [0.25, 0.3) is 5.69 Å². The fraction of sp³-hybridized carbons (Fsp3) is 0.222. The number of aryl methyl sites for hydroxylation is 1. The van der Waals surface area contributed by atoms with Crippen molar-refractivity contribution in [3.63, 3.8) is 0 Å². The molecule has 0 bridgehead atoms. The summed E-state index contributed by atoms with van der Waals surface area (Å²) in [6, 6.07) is 17.5. The molecule has 0 spiro atoms. The lowest BCUT2D eigenvalue weighted by Crippen LogP contribution is -2.32. The van der Waals surface area contributed by atoms with Crippen molar-refractivity contribution in [2.75, 3.05) is 17.2 Å². The highest BCUT2D eigenvalue weighted by Gasteiger charge is 2.17. The molecule has 0 aliphatic rings. The summed E-state index contributed by atoms with van der Waals surface area (Å²) in [5.41, 5.74) is 2.88. The molecule has 3 aromatic rings. The van der Waals surface area contributed by atoms with Gasteiger partial charge < -0.3 is 4.90 Å². The number of benzene rings is 2. The molecule has 0 aliphatic heterocycles. The summed E-state index contributed by atoms with van der Waals surface area (Å²) in [4.78, 5) is 14.4. The molecule has 0 saturated carbocycles. The van der Waals surface area contributed by atoms with Crippen LogP contribution in [0.15, 0.2) is 59.8 Å². The fourth-order valence-corrected chi connectivity index (χ4v) is 3.30. The van der Waals surface area contributed by atoms with E-state index in [-0.39, 0.29) is 11.7 Å². The Hall–Kier alpha value is -2.67. The number of carbonyl (C=O) groups excluding carboxylic acids is 1. The maximum absolute atomic E-state index is 12.6. The van der Waals surface area contributed by atoms with Crippen LogP contribution in [0.4, 0.5) is 5.69 Å². The number of thioether (sulfide) groups is 1. The van der Waals surface area contributed by atoms with Crippen molar-refractivity contribution in [2.45, 2.75) is 19.0 Å². The molecule has 25 heavy (non-hydrogen) atoms. The predicted octanol–water partition coefficient (Wildman–Crippen LogP) is 3.12. The third kappa shape index (κ3) is 3.88. The van der Waals surface area contributed by atoms with E-state index in [1.807, 2.05) is 68.4 Å². The molecule has 0 radical (unpaired) electrons. The van der Waals surface area contributed by atoms with Gasteiger partial charge in [-0.25, -0.2) is 0 Å². The lowest BCUT2D eigenvalue weighted by molar-refractivity contribution is -0.116. The zero-order valence-corrected chi connectivity index (χ0v) is 15.0. The molecule has 2 aromatic carbocycles. The SMILES string of the molecule is CCN(C(=O)CSc1nnnn1-c1ccccc1C)c1ccccc1. The number of hydrogen-bond acceptors (Lipinski definition) is 5. The van der Waals surface area contributed by atoms with Gasteiger partial charge in [-0.2, -0.15) is 4.68 Å². The maximum atomic E-state index is 12.6. The van der Waals surface area contributed by atoms with Gasteiger partial charge in [0.15, 0.2) is 0 Å². The minimum atomic E-state index is 0.0260. The van der Waals surface area contributed by atoms with Crippen LogP contribution >= 0.6 is 11.8 Å². The van der Waals surface area contributed by atoms with E-state index in [0.29, 0.717) is 11.7 Å². The van der Waals surface area contributed by atoms with Gasteiger partial charge in [-0.15, -0.1) is 5.10 Å². The Morgan fingerprint density at radius 3 is 2.56 bits per heavy atom. The number of amides is 1. The second-order valence-electron chi connectivity index (χ2n) is 5.42. The summed E-state index contributed by atoms with van der Waals surface area (Å²) in [6.45, 7) is 4.59. The van der Waals surface area contributed by atoms with Gasteiger partial charge in [0.1, 0.15) is 0 Å². The van der Waals surface area contributed by atoms with Crippen molar-refractivity contribution in [1.29, 1.82) is 0 Å². The Labute approximate surface area is 150 Å². The third-order valence-corrected chi connectivity index (χ3v) is 4.70. The Morgan fingerprint density at radius 1 is 1.12 bits per heavy atom. The van der Waals surface area contributed by atoms with E-state index in [0.717, 1.165) is 16.9 Å². The lowest BCUT2D eigenvalue weighted by atomic mass is 10.2. The smallest absolute Gasteiger partial charge is 0.237 e. The monoisotopic (exact) mass is 353 g/mol. The van der Waals surface area contributed by atoms with Gasteiger partial charge in [0.2, 0.25) is 11.1 Å². The molecule has 1 heterocycles. The molecule has 0 fully saturated rings. The van der Waals surface area contributed by atoms with E-state index in [2.05, 4.69) is 15.5 Å². The minimum Gasteiger partial charge on any atom is -0.312 e. The highest BCUT2D eigenvalue weighted by atomic mass is 32.2. The van der Waals surface area contributed by atoms with Gasteiger partial charge in [0.05, 0.1) is 11.4 Å². The van der Waals surface area contributed by atoms with Crippen molar-refractivity contribution in [2.24, 2.45) is 0 Å². The first-order valence-corrected chi connectivity index (χ1v) is 9.02. The van der Waals surface area contributed by atoms with Crippen LogP contribution < -0.4 is 4.90 Å². The number of tetrazole rings is 1. The number of rotatable bonds is 6. The van der Waals surface area contributed by atoms with Crippen LogP contribution in [0, 0.1) is 6.92 Å². The van der Waals surface area contributed by atoms with E-state index in [9.17, 15) is 4.79 Å². The summed E-state index contributed by atoms with van der Waals surface area (Å²) < 4.78 is 1.67. The number of carbonyl (C=O) groups is 1. The molecule has 3 rings (SSSR count). The van der Waals surface area contributed by atoms with Crippen LogP contribution in [-0.2, 0) is 4.79 Å². The third-order valence-electron chi connectivity index (χ3n) is 3.79. The standard InChI is InChI=1S/C18H19N5OS/c1-3-22(15-10-5-4-6-11-15)17(24)13-25-18-19-20-21-23(18)16-12-8-7-9-14(16)2/h4-12H,3,13H2,1-2H3. The lowest BCUT2D eigenvalue weighted by Gasteiger charge is -2.20. The Kier molecular flexibility index (Phi) is 5.45. The van der Waals surface area contributed by atoms with Crippen LogP contribution in [0.1, 0.15) is 12.5 Å². The van der Waals surface area contributed by atoms with Crippen molar-refractivity contribution in [3.05, 3.63) is 60.2 Å². The first-order valence-electron chi connectivity index (χ1n) is 8.03. The molecule has 0 unspecified atom stereocenters. The average molecular weight is 353 g/mol. The number of anilines is 1. The first kappa shape index (κ1) is 17.2. The molecule has 7 heteroatoms. The molecule has 0 saturated heterocycles. The molecular weight excluding hydrogens is 334 g/mol. The quantitative estimate of drug-likeness (QED) is 0.637. The number of hydrogen-bond donors (Lipinski definition) is 0. The molecule has 6 nitrogen and oxygen atoms in total.